The predicted octanol–water partition coefficient (Wildman–Crippen LogP) is 4.32. The Hall–Kier alpha value is -2.37. The van der Waals surface area contributed by atoms with Crippen LogP contribution in [0.15, 0.2) is 60.8 Å². The lowest BCUT2D eigenvalue weighted by Crippen LogP contribution is -2.21. The third-order valence-electron chi connectivity index (χ3n) is 4.22. The highest BCUT2D eigenvalue weighted by atomic mass is 32.1. The van der Waals surface area contributed by atoms with Gasteiger partial charge in [-0.3, -0.25) is 4.90 Å². The first kappa shape index (κ1) is 17.5. The standard InChI is InChI=1S/C20H23N3OS/c1-21(13-16-8-7-11-18(12-16)24-3)15-23-14-19(22(2)20(23)25)17-9-5-4-6-10-17/h4-12,14H,13,15H2,1-3H3. The van der Waals surface area contributed by atoms with Gasteiger partial charge in [0.25, 0.3) is 0 Å². The molecule has 0 bridgehead atoms. The van der Waals surface area contributed by atoms with Gasteiger partial charge in [-0.2, -0.15) is 0 Å². The molecule has 0 unspecified atom stereocenters. The minimum atomic E-state index is 0.733. The van der Waals surface area contributed by atoms with Crippen molar-refractivity contribution in [2.45, 2.75) is 13.2 Å². The molecule has 3 rings (SSSR count). The van der Waals surface area contributed by atoms with Crippen molar-refractivity contribution in [3.8, 4) is 17.0 Å². The fraction of sp³-hybridized carbons (Fsp3) is 0.250. The van der Waals surface area contributed by atoms with E-state index >= 15 is 0 Å². The first-order valence-electron chi connectivity index (χ1n) is 8.21. The van der Waals surface area contributed by atoms with Crippen LogP contribution in [0.4, 0.5) is 0 Å². The molecule has 0 aliphatic rings. The molecular weight excluding hydrogens is 330 g/mol. The molecule has 0 aliphatic heterocycles. The Morgan fingerprint density at radius 3 is 2.56 bits per heavy atom. The maximum Gasteiger partial charge on any atom is 0.181 e. The molecule has 0 aliphatic carbocycles. The lowest BCUT2D eigenvalue weighted by atomic mass is 10.2. The Kier molecular flexibility index (Phi) is 5.36. The van der Waals surface area contributed by atoms with Gasteiger partial charge in [0.2, 0.25) is 0 Å². The van der Waals surface area contributed by atoms with E-state index in [1.54, 1.807) is 7.11 Å². The van der Waals surface area contributed by atoms with Gasteiger partial charge in [0, 0.05) is 19.8 Å². The van der Waals surface area contributed by atoms with Crippen LogP contribution in [0.3, 0.4) is 0 Å². The van der Waals surface area contributed by atoms with E-state index in [0.29, 0.717) is 0 Å². The lowest BCUT2D eigenvalue weighted by molar-refractivity contribution is 0.258. The number of rotatable bonds is 6. The molecule has 0 saturated heterocycles. The van der Waals surface area contributed by atoms with Crippen molar-refractivity contribution in [2.75, 3.05) is 14.2 Å². The summed E-state index contributed by atoms with van der Waals surface area (Å²) in [5.74, 6) is 0.883. The van der Waals surface area contributed by atoms with Crippen LogP contribution in [0.5, 0.6) is 5.75 Å². The van der Waals surface area contributed by atoms with E-state index in [1.807, 2.05) is 37.4 Å². The fourth-order valence-electron chi connectivity index (χ4n) is 2.96. The summed E-state index contributed by atoms with van der Waals surface area (Å²) >= 11 is 5.62. The normalized spacial score (nSPS) is 11.0. The SMILES string of the molecule is COc1cccc(CN(C)Cn2cc(-c3ccccc3)n(C)c2=S)c1. The summed E-state index contributed by atoms with van der Waals surface area (Å²) in [5.41, 5.74) is 3.51. The van der Waals surface area contributed by atoms with Crippen LogP contribution in [0, 0.1) is 4.77 Å². The molecule has 130 valence electrons. The van der Waals surface area contributed by atoms with E-state index in [4.69, 9.17) is 17.0 Å². The molecule has 0 saturated carbocycles. The summed E-state index contributed by atoms with van der Waals surface area (Å²) in [7, 11) is 5.80. The van der Waals surface area contributed by atoms with Gasteiger partial charge in [0.05, 0.1) is 19.5 Å². The Balaban J connectivity index is 1.77. The molecule has 1 heterocycles. The smallest absolute Gasteiger partial charge is 0.181 e. The van der Waals surface area contributed by atoms with Crippen molar-refractivity contribution in [1.29, 1.82) is 0 Å². The summed E-state index contributed by atoms with van der Waals surface area (Å²) in [6.07, 6.45) is 2.12. The number of hydrogen-bond acceptors (Lipinski definition) is 3. The molecule has 0 atom stereocenters. The summed E-state index contributed by atoms with van der Waals surface area (Å²) in [4.78, 5) is 2.24. The molecule has 1 aromatic heterocycles. The second-order valence-corrected chi connectivity index (χ2v) is 6.56. The first-order chi connectivity index (χ1) is 12.1. The Morgan fingerprint density at radius 2 is 1.84 bits per heavy atom. The molecule has 2 aromatic carbocycles. The van der Waals surface area contributed by atoms with Crippen molar-refractivity contribution in [3.63, 3.8) is 0 Å². The average Bonchev–Trinajstić information content (AvgIpc) is 2.91. The second kappa shape index (κ2) is 7.68. The number of methoxy groups -OCH3 is 1. The van der Waals surface area contributed by atoms with E-state index in [2.05, 4.69) is 51.5 Å². The largest absolute Gasteiger partial charge is 0.497 e. The van der Waals surface area contributed by atoms with Crippen LogP contribution in [0.25, 0.3) is 11.3 Å². The number of hydrogen-bond donors (Lipinski definition) is 0. The molecular formula is C20H23N3OS. The van der Waals surface area contributed by atoms with Crippen LogP contribution in [-0.4, -0.2) is 28.2 Å². The van der Waals surface area contributed by atoms with Crippen LogP contribution in [-0.2, 0) is 20.3 Å². The van der Waals surface area contributed by atoms with Gasteiger partial charge in [-0.25, -0.2) is 0 Å². The third-order valence-corrected chi connectivity index (χ3v) is 4.73. The molecule has 0 N–H and O–H groups in total. The van der Waals surface area contributed by atoms with E-state index in [-0.39, 0.29) is 0 Å². The average molecular weight is 353 g/mol. The summed E-state index contributed by atoms with van der Waals surface area (Å²) < 4.78 is 10.3. The monoisotopic (exact) mass is 353 g/mol. The number of aromatic nitrogens is 2. The van der Waals surface area contributed by atoms with Crippen molar-refractivity contribution in [3.05, 3.63) is 71.1 Å². The molecule has 5 heteroatoms. The van der Waals surface area contributed by atoms with Crippen LogP contribution in [0.1, 0.15) is 5.56 Å². The van der Waals surface area contributed by atoms with Crippen LogP contribution < -0.4 is 4.74 Å². The Morgan fingerprint density at radius 1 is 1.08 bits per heavy atom. The van der Waals surface area contributed by atoms with Crippen molar-refractivity contribution in [1.82, 2.24) is 14.0 Å². The second-order valence-electron chi connectivity index (χ2n) is 6.20. The van der Waals surface area contributed by atoms with Gasteiger partial charge >= 0.3 is 0 Å². The summed E-state index contributed by atoms with van der Waals surface area (Å²) in [6.45, 7) is 1.56. The minimum absolute atomic E-state index is 0.733. The van der Waals surface area contributed by atoms with Gasteiger partial charge in [-0.1, -0.05) is 42.5 Å². The summed E-state index contributed by atoms with van der Waals surface area (Å²) in [6, 6.07) is 18.5. The van der Waals surface area contributed by atoms with E-state index < -0.39 is 0 Å². The molecule has 25 heavy (non-hydrogen) atoms. The first-order valence-corrected chi connectivity index (χ1v) is 8.62. The predicted molar refractivity (Wildman–Crippen MR) is 104 cm³/mol. The number of nitrogens with zero attached hydrogens (tertiary/aromatic N) is 3. The Labute approximate surface area is 153 Å². The molecule has 4 nitrogen and oxygen atoms in total. The maximum atomic E-state index is 5.62. The minimum Gasteiger partial charge on any atom is -0.497 e. The zero-order valence-corrected chi connectivity index (χ0v) is 15.7. The molecule has 3 aromatic rings. The quantitative estimate of drug-likeness (QED) is 0.616. The number of imidazole rings is 1. The van der Waals surface area contributed by atoms with E-state index in [9.17, 15) is 0 Å². The van der Waals surface area contributed by atoms with Gasteiger partial charge < -0.3 is 13.9 Å². The van der Waals surface area contributed by atoms with Gasteiger partial charge in [0.15, 0.2) is 4.77 Å². The zero-order chi connectivity index (χ0) is 17.8. The number of ether oxygens (including phenoxy) is 1. The molecule has 0 fully saturated rings. The molecule has 0 amide bonds. The van der Waals surface area contributed by atoms with Crippen molar-refractivity contribution < 1.29 is 4.74 Å². The highest BCUT2D eigenvalue weighted by Crippen LogP contribution is 2.20. The van der Waals surface area contributed by atoms with Gasteiger partial charge in [-0.05, 0) is 42.5 Å². The summed E-state index contributed by atoms with van der Waals surface area (Å²) in [5, 5.41) is 0. The van der Waals surface area contributed by atoms with Crippen LogP contribution >= 0.6 is 12.2 Å². The zero-order valence-electron chi connectivity index (χ0n) is 14.8. The highest BCUT2D eigenvalue weighted by molar-refractivity contribution is 7.71. The maximum absolute atomic E-state index is 5.62. The van der Waals surface area contributed by atoms with Crippen LogP contribution in [0.2, 0.25) is 0 Å². The van der Waals surface area contributed by atoms with Crippen molar-refractivity contribution in [2.24, 2.45) is 7.05 Å². The third kappa shape index (κ3) is 4.00. The van der Waals surface area contributed by atoms with Gasteiger partial charge in [-0.15, -0.1) is 0 Å². The molecule has 0 radical (unpaired) electrons. The van der Waals surface area contributed by atoms with Crippen molar-refractivity contribution >= 4 is 12.2 Å². The Bertz CT molecular complexity index is 899. The van der Waals surface area contributed by atoms with E-state index in [0.717, 1.165) is 29.4 Å². The van der Waals surface area contributed by atoms with Gasteiger partial charge in [0.1, 0.15) is 5.75 Å². The fourth-order valence-corrected chi connectivity index (χ4v) is 3.16. The topological polar surface area (TPSA) is 22.3 Å². The molecule has 0 spiro atoms. The lowest BCUT2D eigenvalue weighted by Gasteiger charge is -2.17. The highest BCUT2D eigenvalue weighted by Gasteiger charge is 2.09. The number of benzene rings is 2. The van der Waals surface area contributed by atoms with E-state index in [1.165, 1.54) is 11.1 Å².